The minimum atomic E-state index is -1.40. The third-order valence-electron chi connectivity index (χ3n) is 4.76. The van der Waals surface area contributed by atoms with Crippen LogP contribution in [0, 0.1) is 17.1 Å². The molecule has 1 fully saturated rings. The van der Waals surface area contributed by atoms with Crippen LogP contribution in [0.1, 0.15) is 24.7 Å². The molecule has 2 heterocycles. The van der Waals surface area contributed by atoms with E-state index in [0.717, 1.165) is 4.90 Å². The zero-order valence-electron chi connectivity index (χ0n) is 15.7. The second-order valence-electron chi connectivity index (χ2n) is 6.76. The molecule has 0 bridgehead atoms. The molecule has 150 valence electrons. The SMILES string of the molecule is CC1(c2ccc(F)cc2)NC(=O)N(CC(=O)N(CCC#N)Cc2ccco2)C1=O. The highest BCUT2D eigenvalue weighted by molar-refractivity contribution is 6.09. The number of carbonyl (C=O) groups excluding carboxylic acids is 3. The van der Waals surface area contributed by atoms with Gasteiger partial charge in [-0.3, -0.25) is 14.5 Å². The van der Waals surface area contributed by atoms with Crippen molar-refractivity contribution in [3.8, 4) is 6.07 Å². The van der Waals surface area contributed by atoms with Crippen LogP contribution in [-0.4, -0.2) is 40.7 Å². The number of halogens is 1. The van der Waals surface area contributed by atoms with Gasteiger partial charge in [0.25, 0.3) is 5.91 Å². The lowest BCUT2D eigenvalue weighted by atomic mass is 9.92. The van der Waals surface area contributed by atoms with E-state index in [4.69, 9.17) is 9.68 Å². The molecule has 9 heteroatoms. The van der Waals surface area contributed by atoms with E-state index in [1.165, 1.54) is 42.4 Å². The minimum absolute atomic E-state index is 0.0971. The summed E-state index contributed by atoms with van der Waals surface area (Å²) in [4.78, 5) is 40.3. The van der Waals surface area contributed by atoms with Gasteiger partial charge in [0.1, 0.15) is 23.7 Å². The summed E-state index contributed by atoms with van der Waals surface area (Å²) >= 11 is 0. The summed E-state index contributed by atoms with van der Waals surface area (Å²) in [5.41, 5.74) is -0.993. The monoisotopic (exact) mass is 398 g/mol. The molecule has 2 aromatic rings. The first kappa shape index (κ1) is 20.1. The second-order valence-corrected chi connectivity index (χ2v) is 6.76. The number of furan rings is 1. The van der Waals surface area contributed by atoms with Gasteiger partial charge in [-0.05, 0) is 36.8 Å². The first-order valence-corrected chi connectivity index (χ1v) is 8.92. The van der Waals surface area contributed by atoms with Crippen molar-refractivity contribution in [3.05, 3.63) is 59.8 Å². The van der Waals surface area contributed by atoms with Crippen molar-refractivity contribution in [2.45, 2.75) is 25.4 Å². The lowest BCUT2D eigenvalue weighted by molar-refractivity contribution is -0.139. The highest BCUT2D eigenvalue weighted by Gasteiger charge is 2.49. The molecule has 1 N–H and O–H groups in total. The predicted molar refractivity (Wildman–Crippen MR) is 98.4 cm³/mol. The maximum Gasteiger partial charge on any atom is 0.325 e. The summed E-state index contributed by atoms with van der Waals surface area (Å²) in [6, 6.07) is 9.83. The Morgan fingerprint density at radius 2 is 2.03 bits per heavy atom. The molecule has 4 amide bonds. The Morgan fingerprint density at radius 3 is 2.66 bits per heavy atom. The van der Waals surface area contributed by atoms with Crippen LogP contribution in [-0.2, 0) is 21.7 Å². The van der Waals surface area contributed by atoms with Crippen molar-refractivity contribution in [2.75, 3.05) is 13.1 Å². The van der Waals surface area contributed by atoms with E-state index >= 15 is 0 Å². The van der Waals surface area contributed by atoms with Gasteiger partial charge < -0.3 is 14.6 Å². The maximum atomic E-state index is 13.2. The van der Waals surface area contributed by atoms with Crippen LogP contribution in [0.3, 0.4) is 0 Å². The fourth-order valence-electron chi connectivity index (χ4n) is 3.12. The van der Waals surface area contributed by atoms with E-state index in [2.05, 4.69) is 5.32 Å². The lowest BCUT2D eigenvalue weighted by Crippen LogP contribution is -2.44. The van der Waals surface area contributed by atoms with Gasteiger partial charge >= 0.3 is 6.03 Å². The first-order valence-electron chi connectivity index (χ1n) is 8.92. The van der Waals surface area contributed by atoms with Crippen LogP contribution < -0.4 is 5.32 Å². The number of hydrogen-bond donors (Lipinski definition) is 1. The number of benzene rings is 1. The predicted octanol–water partition coefficient (Wildman–Crippen LogP) is 2.13. The Bertz CT molecular complexity index is 952. The summed E-state index contributed by atoms with van der Waals surface area (Å²) in [6.07, 6.45) is 1.56. The van der Waals surface area contributed by atoms with Gasteiger partial charge in [0.15, 0.2) is 0 Å². The molecule has 1 aromatic heterocycles. The number of rotatable bonds is 7. The average molecular weight is 398 g/mol. The molecule has 3 rings (SSSR count). The zero-order valence-corrected chi connectivity index (χ0v) is 15.7. The number of hydrogen-bond acceptors (Lipinski definition) is 5. The van der Waals surface area contributed by atoms with Gasteiger partial charge in [-0.25, -0.2) is 9.18 Å². The van der Waals surface area contributed by atoms with Gasteiger partial charge in [0, 0.05) is 6.54 Å². The third-order valence-corrected chi connectivity index (χ3v) is 4.76. The normalized spacial score (nSPS) is 18.4. The van der Waals surface area contributed by atoms with E-state index in [-0.39, 0.29) is 19.5 Å². The Balaban J connectivity index is 1.76. The lowest BCUT2D eigenvalue weighted by Gasteiger charge is -2.24. The topological polar surface area (TPSA) is 107 Å². The van der Waals surface area contributed by atoms with Crippen LogP contribution in [0.4, 0.5) is 9.18 Å². The highest BCUT2D eigenvalue weighted by Crippen LogP contribution is 2.29. The highest BCUT2D eigenvalue weighted by atomic mass is 19.1. The first-order chi connectivity index (χ1) is 13.8. The van der Waals surface area contributed by atoms with Crippen molar-refractivity contribution in [1.82, 2.24) is 15.1 Å². The van der Waals surface area contributed by atoms with Crippen molar-refractivity contribution >= 4 is 17.8 Å². The largest absolute Gasteiger partial charge is 0.467 e. The number of nitriles is 1. The van der Waals surface area contributed by atoms with Gasteiger partial charge in [0.05, 0.1) is 25.3 Å². The summed E-state index contributed by atoms with van der Waals surface area (Å²) in [7, 11) is 0. The number of nitrogens with one attached hydrogen (secondary N) is 1. The van der Waals surface area contributed by atoms with E-state index in [1.54, 1.807) is 12.1 Å². The van der Waals surface area contributed by atoms with Gasteiger partial charge in [-0.15, -0.1) is 0 Å². The maximum absolute atomic E-state index is 13.2. The summed E-state index contributed by atoms with van der Waals surface area (Å²) in [6.45, 7) is 1.27. The molecule has 0 spiro atoms. The molecule has 1 unspecified atom stereocenters. The fourth-order valence-corrected chi connectivity index (χ4v) is 3.12. The van der Waals surface area contributed by atoms with Crippen molar-refractivity contribution < 1.29 is 23.2 Å². The number of imide groups is 1. The quantitative estimate of drug-likeness (QED) is 0.719. The van der Waals surface area contributed by atoms with Gasteiger partial charge in [0.2, 0.25) is 5.91 Å². The summed E-state index contributed by atoms with van der Waals surface area (Å²) < 4.78 is 18.4. The molecule has 0 aliphatic carbocycles. The van der Waals surface area contributed by atoms with Crippen LogP contribution in [0.15, 0.2) is 47.1 Å². The molecule has 0 saturated carbocycles. The zero-order chi connectivity index (χ0) is 21.0. The van der Waals surface area contributed by atoms with Crippen LogP contribution in [0.25, 0.3) is 0 Å². The van der Waals surface area contributed by atoms with Gasteiger partial charge in [-0.1, -0.05) is 12.1 Å². The number of nitrogens with zero attached hydrogens (tertiary/aromatic N) is 3. The second kappa shape index (κ2) is 8.14. The molecular formula is C20H19FN4O4. The van der Waals surface area contributed by atoms with Crippen LogP contribution in [0.5, 0.6) is 0 Å². The molecule has 1 saturated heterocycles. The molecule has 0 radical (unpaired) electrons. The van der Waals surface area contributed by atoms with Crippen molar-refractivity contribution in [1.29, 1.82) is 5.26 Å². The minimum Gasteiger partial charge on any atom is -0.467 e. The van der Waals surface area contributed by atoms with Crippen molar-refractivity contribution in [2.24, 2.45) is 0 Å². The Kier molecular flexibility index (Phi) is 5.64. The smallest absolute Gasteiger partial charge is 0.325 e. The van der Waals surface area contributed by atoms with Crippen LogP contribution >= 0.6 is 0 Å². The van der Waals surface area contributed by atoms with Gasteiger partial charge in [-0.2, -0.15) is 5.26 Å². The van der Waals surface area contributed by atoms with E-state index in [1.807, 2.05) is 6.07 Å². The number of amides is 4. The number of carbonyl (C=O) groups is 3. The van der Waals surface area contributed by atoms with E-state index in [9.17, 15) is 18.8 Å². The van der Waals surface area contributed by atoms with Crippen molar-refractivity contribution in [3.63, 3.8) is 0 Å². The molecule has 29 heavy (non-hydrogen) atoms. The average Bonchev–Trinajstić information content (AvgIpc) is 3.28. The summed E-state index contributed by atoms with van der Waals surface area (Å²) in [5.74, 6) is -1.05. The molecule has 1 aliphatic rings. The molecule has 1 aliphatic heterocycles. The molecular weight excluding hydrogens is 379 g/mol. The summed E-state index contributed by atoms with van der Waals surface area (Å²) in [5, 5.41) is 11.4. The van der Waals surface area contributed by atoms with E-state index < -0.39 is 35.7 Å². The molecule has 1 aromatic carbocycles. The fraction of sp³-hybridized carbons (Fsp3) is 0.300. The Morgan fingerprint density at radius 1 is 1.31 bits per heavy atom. The van der Waals surface area contributed by atoms with E-state index in [0.29, 0.717) is 11.3 Å². The third kappa shape index (κ3) is 4.11. The Labute approximate surface area is 166 Å². The Hall–Kier alpha value is -3.67. The molecule has 1 atom stereocenters. The van der Waals surface area contributed by atoms with Crippen LogP contribution in [0.2, 0.25) is 0 Å². The molecule has 8 nitrogen and oxygen atoms in total. The number of urea groups is 1. The standard InChI is InChI=1S/C20H19FN4O4/c1-20(14-5-7-15(21)8-6-14)18(27)25(19(28)23-20)13-17(26)24(10-3-9-22)12-16-4-2-11-29-16/h2,4-8,11H,3,10,12-13H2,1H3,(H,23,28).